The minimum absolute atomic E-state index is 0.307. The Morgan fingerprint density at radius 3 is 2.60 bits per heavy atom. The van der Waals surface area contributed by atoms with Gasteiger partial charge in [-0.05, 0) is 6.42 Å². The lowest BCUT2D eigenvalue weighted by Gasteiger charge is -2.03. The van der Waals surface area contributed by atoms with Crippen LogP contribution in [-0.2, 0) is 6.54 Å². The molecule has 0 aliphatic rings. The zero-order chi connectivity index (χ0) is 11.1. The highest BCUT2D eigenvalue weighted by molar-refractivity contribution is 4.82. The van der Waals surface area contributed by atoms with Crippen molar-refractivity contribution in [3.05, 3.63) is 33.1 Å². The molecule has 0 fully saturated rings. The molecule has 1 aromatic heterocycles. The molecular weight excluding hydrogens is 192 g/mol. The number of aryl methyl sites for hydroxylation is 1. The molecule has 0 aliphatic carbocycles. The highest BCUT2D eigenvalue weighted by Crippen LogP contribution is 2.02. The van der Waals surface area contributed by atoms with Crippen molar-refractivity contribution in [3.8, 4) is 0 Å². The summed E-state index contributed by atoms with van der Waals surface area (Å²) in [6, 6.07) is 1.38. The van der Waals surface area contributed by atoms with Crippen LogP contribution in [0.15, 0.2) is 21.9 Å². The number of nitrogens with zero attached hydrogens (tertiary/aromatic N) is 1. The fourth-order valence-electron chi connectivity index (χ4n) is 1.51. The van der Waals surface area contributed by atoms with Crippen LogP contribution in [0.2, 0.25) is 0 Å². The average molecular weight is 210 g/mol. The van der Waals surface area contributed by atoms with Crippen LogP contribution < -0.4 is 11.2 Å². The van der Waals surface area contributed by atoms with Crippen molar-refractivity contribution in [2.45, 2.75) is 45.6 Å². The Kier molecular flexibility index (Phi) is 4.87. The van der Waals surface area contributed by atoms with Crippen LogP contribution in [0, 0.1) is 0 Å². The monoisotopic (exact) mass is 210 g/mol. The van der Waals surface area contributed by atoms with Crippen molar-refractivity contribution in [1.82, 2.24) is 9.55 Å². The van der Waals surface area contributed by atoms with Crippen LogP contribution in [-0.4, -0.2) is 9.55 Å². The summed E-state index contributed by atoms with van der Waals surface area (Å²) in [5.74, 6) is 0. The topological polar surface area (TPSA) is 54.9 Å². The van der Waals surface area contributed by atoms with E-state index < -0.39 is 0 Å². The maximum absolute atomic E-state index is 11.3. The van der Waals surface area contributed by atoms with Crippen molar-refractivity contribution in [2.75, 3.05) is 0 Å². The molecule has 1 rings (SSSR count). The van der Waals surface area contributed by atoms with E-state index in [2.05, 4.69) is 11.9 Å². The third kappa shape index (κ3) is 4.14. The van der Waals surface area contributed by atoms with Crippen molar-refractivity contribution in [2.24, 2.45) is 0 Å². The van der Waals surface area contributed by atoms with Gasteiger partial charge in [-0.15, -0.1) is 0 Å². The normalized spacial score (nSPS) is 10.5. The van der Waals surface area contributed by atoms with Crippen LogP contribution in [0.4, 0.5) is 0 Å². The lowest BCUT2D eigenvalue weighted by molar-refractivity contribution is 0.550. The number of hydrogen-bond donors (Lipinski definition) is 1. The summed E-state index contributed by atoms with van der Waals surface area (Å²) in [5, 5.41) is 0. The molecule has 4 nitrogen and oxygen atoms in total. The van der Waals surface area contributed by atoms with Crippen molar-refractivity contribution in [3.63, 3.8) is 0 Å². The SMILES string of the molecule is CCCCCCCn1ccc(=O)[nH]c1=O. The molecule has 0 spiro atoms. The molecule has 0 bridgehead atoms. The number of nitrogens with one attached hydrogen (secondary N) is 1. The van der Waals surface area contributed by atoms with Crippen LogP contribution in [0.25, 0.3) is 0 Å². The minimum atomic E-state index is -0.331. The van der Waals surface area contributed by atoms with E-state index >= 15 is 0 Å². The summed E-state index contributed by atoms with van der Waals surface area (Å²) in [6.07, 6.45) is 7.38. The highest BCUT2D eigenvalue weighted by Gasteiger charge is 1.95. The number of aromatic amines is 1. The van der Waals surface area contributed by atoms with Gasteiger partial charge >= 0.3 is 5.69 Å². The van der Waals surface area contributed by atoms with Crippen LogP contribution in [0.1, 0.15) is 39.0 Å². The van der Waals surface area contributed by atoms with Gasteiger partial charge in [0.15, 0.2) is 0 Å². The van der Waals surface area contributed by atoms with Gasteiger partial charge in [-0.2, -0.15) is 0 Å². The second kappa shape index (κ2) is 6.22. The van der Waals surface area contributed by atoms with Crippen molar-refractivity contribution in [1.29, 1.82) is 0 Å². The first-order valence-electron chi connectivity index (χ1n) is 5.54. The number of rotatable bonds is 6. The third-order valence-electron chi connectivity index (χ3n) is 2.40. The van der Waals surface area contributed by atoms with Gasteiger partial charge in [-0.1, -0.05) is 32.6 Å². The fourth-order valence-corrected chi connectivity index (χ4v) is 1.51. The molecule has 1 N–H and O–H groups in total. The highest BCUT2D eigenvalue weighted by atomic mass is 16.2. The number of hydrogen-bond acceptors (Lipinski definition) is 2. The average Bonchev–Trinajstić information content (AvgIpc) is 2.20. The Labute approximate surface area is 89.0 Å². The van der Waals surface area contributed by atoms with E-state index in [9.17, 15) is 9.59 Å². The summed E-state index contributed by atoms with van der Waals surface area (Å²) in [5.41, 5.74) is -0.639. The van der Waals surface area contributed by atoms with Gasteiger partial charge in [-0.25, -0.2) is 4.79 Å². The molecule has 4 heteroatoms. The molecule has 1 aromatic rings. The van der Waals surface area contributed by atoms with Gasteiger partial charge in [-0.3, -0.25) is 9.78 Å². The molecule has 0 aliphatic heterocycles. The molecule has 0 radical (unpaired) electrons. The first-order chi connectivity index (χ1) is 7.24. The maximum atomic E-state index is 11.3. The van der Waals surface area contributed by atoms with Crippen LogP contribution in [0.3, 0.4) is 0 Å². The molecule has 1 heterocycles. The summed E-state index contributed by atoms with van der Waals surface area (Å²) < 4.78 is 1.55. The molecule has 0 saturated heterocycles. The van der Waals surface area contributed by atoms with E-state index in [0.717, 1.165) is 12.8 Å². The van der Waals surface area contributed by atoms with Gasteiger partial charge in [0.2, 0.25) is 0 Å². The lowest BCUT2D eigenvalue weighted by Crippen LogP contribution is -2.28. The standard InChI is InChI=1S/C11H18N2O2/c1-2-3-4-5-6-8-13-9-7-10(14)12-11(13)15/h7,9H,2-6,8H2,1H3,(H,12,14,15). The van der Waals surface area contributed by atoms with E-state index in [4.69, 9.17) is 0 Å². The Balaban J connectivity index is 2.38. The second-order valence-corrected chi connectivity index (χ2v) is 3.72. The van der Waals surface area contributed by atoms with E-state index in [1.807, 2.05) is 0 Å². The van der Waals surface area contributed by atoms with Gasteiger partial charge < -0.3 is 4.57 Å². The predicted molar refractivity (Wildman–Crippen MR) is 60.1 cm³/mol. The summed E-state index contributed by atoms with van der Waals surface area (Å²) in [4.78, 5) is 24.3. The van der Waals surface area contributed by atoms with Gasteiger partial charge in [0, 0.05) is 18.8 Å². The molecule has 0 atom stereocenters. The number of H-pyrrole nitrogens is 1. The van der Waals surface area contributed by atoms with Gasteiger partial charge in [0.25, 0.3) is 5.56 Å². The van der Waals surface area contributed by atoms with Crippen LogP contribution in [0.5, 0.6) is 0 Å². The van der Waals surface area contributed by atoms with E-state index in [1.165, 1.54) is 25.3 Å². The third-order valence-corrected chi connectivity index (χ3v) is 2.40. The molecule has 0 saturated carbocycles. The smallest absolute Gasteiger partial charge is 0.301 e. The largest absolute Gasteiger partial charge is 0.328 e. The molecule has 84 valence electrons. The zero-order valence-electron chi connectivity index (χ0n) is 9.16. The first kappa shape index (κ1) is 11.8. The minimum Gasteiger partial charge on any atom is -0.301 e. The molecular formula is C11H18N2O2. The maximum Gasteiger partial charge on any atom is 0.328 e. The van der Waals surface area contributed by atoms with Crippen molar-refractivity contribution < 1.29 is 0 Å². The Bertz CT molecular complexity index is 392. The molecule has 0 aromatic carbocycles. The van der Waals surface area contributed by atoms with E-state index in [-0.39, 0.29) is 11.2 Å². The number of aromatic nitrogens is 2. The number of unbranched alkanes of at least 4 members (excludes halogenated alkanes) is 4. The summed E-state index contributed by atoms with van der Waals surface area (Å²) in [6.45, 7) is 2.87. The van der Waals surface area contributed by atoms with Crippen LogP contribution >= 0.6 is 0 Å². The van der Waals surface area contributed by atoms with E-state index in [0.29, 0.717) is 6.54 Å². The molecule has 15 heavy (non-hydrogen) atoms. The first-order valence-corrected chi connectivity index (χ1v) is 5.54. The zero-order valence-corrected chi connectivity index (χ0v) is 9.16. The summed E-state index contributed by atoms with van der Waals surface area (Å²) in [7, 11) is 0. The van der Waals surface area contributed by atoms with Gasteiger partial charge in [0.1, 0.15) is 0 Å². The fraction of sp³-hybridized carbons (Fsp3) is 0.636. The Hall–Kier alpha value is -1.32. The molecule has 0 unspecified atom stereocenters. The second-order valence-electron chi connectivity index (χ2n) is 3.72. The predicted octanol–water partition coefficient (Wildman–Crippen LogP) is 1.51. The van der Waals surface area contributed by atoms with Crippen molar-refractivity contribution >= 4 is 0 Å². The summed E-state index contributed by atoms with van der Waals surface area (Å²) >= 11 is 0. The lowest BCUT2D eigenvalue weighted by atomic mass is 10.1. The quantitative estimate of drug-likeness (QED) is 0.723. The molecule has 0 amide bonds. The Morgan fingerprint density at radius 2 is 1.93 bits per heavy atom. The Morgan fingerprint density at radius 1 is 1.20 bits per heavy atom. The van der Waals surface area contributed by atoms with E-state index in [1.54, 1.807) is 10.8 Å². The van der Waals surface area contributed by atoms with Gasteiger partial charge in [0.05, 0.1) is 0 Å².